The lowest BCUT2D eigenvalue weighted by Gasteiger charge is -2.09. The van der Waals surface area contributed by atoms with Crippen molar-refractivity contribution < 1.29 is 8.42 Å². The first-order valence-corrected chi connectivity index (χ1v) is 5.91. The average molecular weight is 199 g/mol. The molecule has 0 amide bonds. The minimum absolute atomic E-state index is 0.490. The number of hydrogen-bond acceptors (Lipinski definition) is 3. The zero-order valence-electron chi connectivity index (χ0n) is 7.69. The van der Waals surface area contributed by atoms with Crippen molar-refractivity contribution in [1.29, 1.82) is 0 Å². The molecule has 0 unspecified atom stereocenters. The van der Waals surface area contributed by atoms with Crippen LogP contribution in [0.1, 0.15) is 17.7 Å². The molecule has 0 spiro atoms. The van der Waals surface area contributed by atoms with E-state index < -0.39 is 15.1 Å². The molecule has 0 saturated heterocycles. The zero-order chi connectivity index (χ0) is 10.1. The Morgan fingerprint density at radius 2 is 2.00 bits per heavy atom. The van der Waals surface area contributed by atoms with E-state index in [4.69, 9.17) is 5.73 Å². The third kappa shape index (κ3) is 2.45. The summed E-state index contributed by atoms with van der Waals surface area (Å²) in [5.41, 5.74) is 6.87. The van der Waals surface area contributed by atoms with E-state index in [0.29, 0.717) is 5.69 Å². The Morgan fingerprint density at radius 3 is 2.46 bits per heavy atom. The molecule has 0 aromatic heterocycles. The van der Waals surface area contributed by atoms with Gasteiger partial charge in [-0.3, -0.25) is 0 Å². The lowest BCUT2D eigenvalue weighted by Crippen LogP contribution is -2.07. The van der Waals surface area contributed by atoms with Crippen LogP contribution in [0.15, 0.2) is 24.3 Å². The monoisotopic (exact) mass is 199 g/mol. The SMILES string of the molecule is C[C@@H](c1cccc(N)c1)S(C)(=O)=O. The molecule has 1 atom stereocenters. The van der Waals surface area contributed by atoms with Gasteiger partial charge in [-0.2, -0.15) is 0 Å². The normalized spacial score (nSPS) is 14.0. The summed E-state index contributed by atoms with van der Waals surface area (Å²) >= 11 is 0. The first-order chi connectivity index (χ1) is 5.91. The number of rotatable bonds is 2. The Labute approximate surface area is 78.5 Å². The fourth-order valence-corrected chi connectivity index (χ4v) is 1.70. The van der Waals surface area contributed by atoms with Crippen LogP contribution in [-0.2, 0) is 9.84 Å². The minimum Gasteiger partial charge on any atom is -0.399 e. The highest BCUT2D eigenvalue weighted by atomic mass is 32.2. The van der Waals surface area contributed by atoms with Crippen molar-refractivity contribution in [1.82, 2.24) is 0 Å². The van der Waals surface area contributed by atoms with Gasteiger partial charge in [-0.05, 0) is 24.6 Å². The fraction of sp³-hybridized carbons (Fsp3) is 0.333. The van der Waals surface area contributed by atoms with Gasteiger partial charge in [0.05, 0.1) is 5.25 Å². The van der Waals surface area contributed by atoms with E-state index in [2.05, 4.69) is 0 Å². The standard InChI is InChI=1S/C9H13NO2S/c1-7(13(2,11)12)8-4-3-5-9(10)6-8/h3-7H,10H2,1-2H3/t7-/m0/s1. The Kier molecular flexibility index (Phi) is 2.61. The summed E-state index contributed by atoms with van der Waals surface area (Å²) in [5.74, 6) is 0. The van der Waals surface area contributed by atoms with Crippen LogP contribution in [0.4, 0.5) is 5.69 Å². The highest BCUT2D eigenvalue weighted by Gasteiger charge is 2.16. The molecule has 1 aromatic carbocycles. The quantitative estimate of drug-likeness (QED) is 0.732. The number of nitrogens with two attached hydrogens (primary N) is 1. The molecule has 1 rings (SSSR count). The second-order valence-corrected chi connectivity index (χ2v) is 5.51. The maximum Gasteiger partial charge on any atom is 0.154 e. The number of sulfone groups is 1. The lowest BCUT2D eigenvalue weighted by molar-refractivity contribution is 0.592. The lowest BCUT2D eigenvalue weighted by atomic mass is 10.1. The summed E-state index contributed by atoms with van der Waals surface area (Å²) in [6.45, 7) is 1.66. The van der Waals surface area contributed by atoms with Gasteiger partial charge in [-0.15, -0.1) is 0 Å². The molecule has 0 aliphatic rings. The number of nitrogen functional groups attached to an aromatic ring is 1. The first-order valence-electron chi connectivity index (χ1n) is 3.95. The van der Waals surface area contributed by atoms with E-state index in [-0.39, 0.29) is 0 Å². The van der Waals surface area contributed by atoms with Crippen LogP contribution < -0.4 is 5.73 Å². The van der Waals surface area contributed by atoms with Crippen LogP contribution >= 0.6 is 0 Å². The maximum absolute atomic E-state index is 11.2. The number of anilines is 1. The molecule has 0 saturated carbocycles. The summed E-state index contributed by atoms with van der Waals surface area (Å²) in [5, 5.41) is -0.490. The molecule has 72 valence electrons. The van der Waals surface area contributed by atoms with Crippen LogP contribution in [0.25, 0.3) is 0 Å². The van der Waals surface area contributed by atoms with Crippen molar-refractivity contribution in [3.05, 3.63) is 29.8 Å². The van der Waals surface area contributed by atoms with Gasteiger partial charge in [0.25, 0.3) is 0 Å². The molecule has 0 bridgehead atoms. The molecular weight excluding hydrogens is 186 g/mol. The predicted octanol–water partition coefficient (Wildman–Crippen LogP) is 1.37. The Bertz CT molecular complexity index is 398. The van der Waals surface area contributed by atoms with E-state index >= 15 is 0 Å². The molecular formula is C9H13NO2S. The summed E-state index contributed by atoms with van der Waals surface area (Å²) in [6.07, 6.45) is 1.22. The van der Waals surface area contributed by atoms with Crippen LogP contribution in [-0.4, -0.2) is 14.7 Å². The fourth-order valence-electron chi connectivity index (χ4n) is 1.06. The second-order valence-electron chi connectivity index (χ2n) is 3.14. The Balaban J connectivity index is 3.10. The van der Waals surface area contributed by atoms with Crippen LogP contribution in [0.2, 0.25) is 0 Å². The van der Waals surface area contributed by atoms with Crippen molar-refractivity contribution >= 4 is 15.5 Å². The van der Waals surface area contributed by atoms with Crippen molar-refractivity contribution in [3.8, 4) is 0 Å². The van der Waals surface area contributed by atoms with Crippen LogP contribution in [0, 0.1) is 0 Å². The smallest absolute Gasteiger partial charge is 0.154 e. The molecule has 0 fully saturated rings. The molecule has 4 heteroatoms. The summed E-state index contributed by atoms with van der Waals surface area (Å²) in [6, 6.07) is 6.94. The van der Waals surface area contributed by atoms with E-state index in [9.17, 15) is 8.42 Å². The zero-order valence-corrected chi connectivity index (χ0v) is 8.51. The van der Waals surface area contributed by atoms with E-state index in [1.807, 2.05) is 0 Å². The summed E-state index contributed by atoms with van der Waals surface area (Å²) in [7, 11) is -3.03. The van der Waals surface area contributed by atoms with Gasteiger partial charge in [-0.1, -0.05) is 12.1 Å². The average Bonchev–Trinajstić information content (AvgIpc) is 2.01. The van der Waals surface area contributed by atoms with E-state index in [1.54, 1.807) is 31.2 Å². The van der Waals surface area contributed by atoms with Gasteiger partial charge in [0.1, 0.15) is 0 Å². The van der Waals surface area contributed by atoms with Crippen molar-refractivity contribution in [3.63, 3.8) is 0 Å². The van der Waals surface area contributed by atoms with Gasteiger partial charge < -0.3 is 5.73 Å². The van der Waals surface area contributed by atoms with Gasteiger partial charge in [0.15, 0.2) is 9.84 Å². The second kappa shape index (κ2) is 3.38. The number of hydrogen-bond donors (Lipinski definition) is 1. The molecule has 0 radical (unpaired) electrons. The van der Waals surface area contributed by atoms with Crippen molar-refractivity contribution in [2.75, 3.05) is 12.0 Å². The van der Waals surface area contributed by atoms with Crippen LogP contribution in [0.5, 0.6) is 0 Å². The van der Waals surface area contributed by atoms with Gasteiger partial charge >= 0.3 is 0 Å². The third-order valence-corrected chi connectivity index (χ3v) is 3.58. The van der Waals surface area contributed by atoms with Crippen molar-refractivity contribution in [2.24, 2.45) is 0 Å². The molecule has 1 aromatic rings. The predicted molar refractivity (Wildman–Crippen MR) is 54.1 cm³/mol. The molecule has 0 heterocycles. The first kappa shape index (κ1) is 10.1. The highest BCUT2D eigenvalue weighted by molar-refractivity contribution is 7.90. The highest BCUT2D eigenvalue weighted by Crippen LogP contribution is 2.22. The van der Waals surface area contributed by atoms with E-state index in [1.165, 1.54) is 6.26 Å². The minimum atomic E-state index is -3.03. The molecule has 13 heavy (non-hydrogen) atoms. The largest absolute Gasteiger partial charge is 0.399 e. The maximum atomic E-state index is 11.2. The molecule has 0 aliphatic carbocycles. The van der Waals surface area contributed by atoms with E-state index in [0.717, 1.165) is 5.56 Å². The molecule has 3 nitrogen and oxygen atoms in total. The molecule has 0 aliphatic heterocycles. The Hall–Kier alpha value is -1.03. The van der Waals surface area contributed by atoms with Gasteiger partial charge in [0.2, 0.25) is 0 Å². The van der Waals surface area contributed by atoms with Crippen LogP contribution in [0.3, 0.4) is 0 Å². The van der Waals surface area contributed by atoms with Gasteiger partial charge in [0, 0.05) is 11.9 Å². The van der Waals surface area contributed by atoms with Crippen molar-refractivity contribution in [2.45, 2.75) is 12.2 Å². The number of benzene rings is 1. The molecule has 2 N–H and O–H groups in total. The Morgan fingerprint density at radius 1 is 1.38 bits per heavy atom. The third-order valence-electron chi connectivity index (χ3n) is 2.02. The van der Waals surface area contributed by atoms with Gasteiger partial charge in [-0.25, -0.2) is 8.42 Å². The summed E-state index contributed by atoms with van der Waals surface area (Å²) in [4.78, 5) is 0. The summed E-state index contributed by atoms with van der Waals surface area (Å²) < 4.78 is 22.4. The topological polar surface area (TPSA) is 60.2 Å².